The molecule has 5 aromatic rings. The average Bonchev–Trinajstić information content (AvgIpc) is 3.54. The quantitative estimate of drug-likeness (QED) is 0.189. The fourth-order valence-corrected chi connectivity index (χ4v) is 6.56. The number of hydrogen-bond donors (Lipinski definition) is 3. The van der Waals surface area contributed by atoms with Crippen molar-refractivity contribution in [3.63, 3.8) is 0 Å². The van der Waals surface area contributed by atoms with Gasteiger partial charge in [0, 0.05) is 34.5 Å². The highest BCUT2D eigenvalue weighted by atomic mass is 19.1. The van der Waals surface area contributed by atoms with Gasteiger partial charge in [-0.05, 0) is 80.1 Å². The van der Waals surface area contributed by atoms with Gasteiger partial charge in [-0.1, -0.05) is 32.0 Å². The van der Waals surface area contributed by atoms with E-state index in [1.54, 1.807) is 24.4 Å². The molecule has 8 nitrogen and oxygen atoms in total. The minimum Gasteiger partial charge on any atom is -0.374 e. The Morgan fingerprint density at radius 2 is 1.89 bits per heavy atom. The minimum atomic E-state index is -1.17. The fourth-order valence-electron chi connectivity index (χ4n) is 6.56. The van der Waals surface area contributed by atoms with Crippen LogP contribution in [-0.4, -0.2) is 25.5 Å². The van der Waals surface area contributed by atoms with Crippen molar-refractivity contribution in [3.05, 3.63) is 118 Å². The van der Waals surface area contributed by atoms with E-state index in [-0.39, 0.29) is 28.9 Å². The molecule has 46 heavy (non-hydrogen) atoms. The van der Waals surface area contributed by atoms with Crippen molar-refractivity contribution in [3.8, 4) is 17.2 Å². The molecule has 3 atom stereocenters. The van der Waals surface area contributed by atoms with Gasteiger partial charge in [0.1, 0.15) is 29.6 Å². The van der Waals surface area contributed by atoms with Gasteiger partial charge in [0.05, 0.1) is 34.1 Å². The summed E-state index contributed by atoms with van der Waals surface area (Å²) in [5.41, 5.74) is 10.2. The van der Waals surface area contributed by atoms with Crippen LogP contribution in [0.1, 0.15) is 84.0 Å². The van der Waals surface area contributed by atoms with Crippen LogP contribution >= 0.6 is 0 Å². The van der Waals surface area contributed by atoms with Crippen LogP contribution in [0.25, 0.3) is 22.2 Å². The SMILES string of the molecule is CC(C)Cc1nc2c(c(-c3cnc4c(ccn4[C@H](C)c4ccc(C#N)c(F)c4)c3)c1C(N)=O)C(O)N[C@@]2(C)Cc1ccc(F)cc1. The van der Waals surface area contributed by atoms with Crippen LogP contribution in [0.2, 0.25) is 0 Å². The Bertz CT molecular complexity index is 2030. The van der Waals surface area contributed by atoms with E-state index in [0.717, 1.165) is 10.9 Å². The number of hydrogen-bond acceptors (Lipinski definition) is 6. The molecule has 1 aliphatic rings. The van der Waals surface area contributed by atoms with Crippen LogP contribution in [0.15, 0.2) is 67.0 Å². The predicted octanol–water partition coefficient (Wildman–Crippen LogP) is 6.21. The number of halogens is 2. The van der Waals surface area contributed by atoms with E-state index in [1.165, 1.54) is 24.3 Å². The third-order valence-corrected chi connectivity index (χ3v) is 8.74. The second-order valence-electron chi connectivity index (χ2n) is 12.6. The Morgan fingerprint density at radius 1 is 1.15 bits per heavy atom. The van der Waals surface area contributed by atoms with Crippen LogP contribution < -0.4 is 11.1 Å². The number of primary amides is 1. The first-order valence-corrected chi connectivity index (χ1v) is 15.1. The summed E-state index contributed by atoms with van der Waals surface area (Å²) in [6.45, 7) is 7.90. The van der Waals surface area contributed by atoms with Gasteiger partial charge < -0.3 is 15.4 Å². The summed E-state index contributed by atoms with van der Waals surface area (Å²) < 4.78 is 30.0. The monoisotopic (exact) mass is 620 g/mol. The number of nitrogens with one attached hydrogen (secondary N) is 1. The highest BCUT2D eigenvalue weighted by Gasteiger charge is 2.44. The molecule has 0 spiro atoms. The molecular weight excluding hydrogens is 586 g/mol. The standard InChI is InChI=1S/C36H34F2N6O2/c1-19(2)13-28-30(33(40)45)29(31-32(42-28)36(4,43-35(31)46)16-21-5-9-26(37)10-6-21)25-14-23-11-12-44(34(23)41-18-25)20(3)22-7-8-24(17-39)27(38)15-22/h5-12,14-15,18-20,35,43,46H,13,16H2,1-4H3,(H2,40,45)/t20-,35?,36+/m1/s1. The fraction of sp³-hybridized carbons (Fsp3) is 0.278. The summed E-state index contributed by atoms with van der Waals surface area (Å²) in [7, 11) is 0. The number of nitrogens with zero attached hydrogens (tertiary/aromatic N) is 4. The molecule has 0 radical (unpaired) electrons. The lowest BCUT2D eigenvalue weighted by atomic mass is 9.85. The maximum atomic E-state index is 14.4. The zero-order valence-electron chi connectivity index (χ0n) is 26.0. The second-order valence-corrected chi connectivity index (χ2v) is 12.6. The molecule has 0 bridgehead atoms. The molecule has 0 fully saturated rings. The van der Waals surface area contributed by atoms with Crippen LogP contribution in [0.3, 0.4) is 0 Å². The van der Waals surface area contributed by atoms with Gasteiger partial charge in [-0.3, -0.25) is 15.1 Å². The number of benzene rings is 2. The summed E-state index contributed by atoms with van der Waals surface area (Å²) in [5, 5.41) is 24.7. The van der Waals surface area contributed by atoms with Gasteiger partial charge in [0.15, 0.2) is 0 Å². The van der Waals surface area contributed by atoms with Gasteiger partial charge in [0.25, 0.3) is 5.91 Å². The lowest BCUT2D eigenvalue weighted by Crippen LogP contribution is -2.38. The number of nitrogens with two attached hydrogens (primary N) is 1. The molecule has 1 aliphatic heterocycles. The molecule has 1 amide bonds. The van der Waals surface area contributed by atoms with E-state index < -0.39 is 23.5 Å². The first kappa shape index (κ1) is 31.0. The van der Waals surface area contributed by atoms with Gasteiger partial charge in [-0.15, -0.1) is 0 Å². The first-order valence-electron chi connectivity index (χ1n) is 15.1. The van der Waals surface area contributed by atoms with Gasteiger partial charge in [-0.2, -0.15) is 5.26 Å². The van der Waals surface area contributed by atoms with Crippen LogP contribution in [-0.2, 0) is 18.4 Å². The Hall–Kier alpha value is -4.98. The molecule has 3 aromatic heterocycles. The number of rotatable bonds is 8. The van der Waals surface area contributed by atoms with Crippen molar-refractivity contribution in [2.45, 2.75) is 58.3 Å². The second kappa shape index (κ2) is 11.7. The summed E-state index contributed by atoms with van der Waals surface area (Å²) in [6.07, 6.45) is 3.23. The minimum absolute atomic E-state index is 0.0199. The number of aromatic nitrogens is 3. The smallest absolute Gasteiger partial charge is 0.251 e. The highest BCUT2D eigenvalue weighted by Crippen LogP contribution is 2.45. The van der Waals surface area contributed by atoms with E-state index in [1.807, 2.05) is 56.7 Å². The molecule has 6 rings (SSSR count). The summed E-state index contributed by atoms with van der Waals surface area (Å²) >= 11 is 0. The third-order valence-electron chi connectivity index (χ3n) is 8.74. The van der Waals surface area contributed by atoms with Gasteiger partial charge in [-0.25, -0.2) is 13.8 Å². The molecule has 0 saturated heterocycles. The number of amides is 1. The molecule has 4 heterocycles. The summed E-state index contributed by atoms with van der Waals surface area (Å²) in [4.78, 5) is 22.9. The lowest BCUT2D eigenvalue weighted by molar-refractivity contribution is 0.0999. The number of aliphatic hydroxyl groups is 1. The average molecular weight is 621 g/mol. The molecule has 234 valence electrons. The zero-order valence-corrected chi connectivity index (χ0v) is 26.0. The maximum absolute atomic E-state index is 14.4. The van der Waals surface area contributed by atoms with E-state index in [9.17, 15) is 18.7 Å². The molecule has 10 heteroatoms. The highest BCUT2D eigenvalue weighted by molar-refractivity contribution is 6.03. The maximum Gasteiger partial charge on any atom is 0.251 e. The van der Waals surface area contributed by atoms with E-state index >= 15 is 0 Å². The number of carbonyl (C=O) groups excluding carboxylic acids is 1. The topological polar surface area (TPSA) is 130 Å². The molecule has 2 aromatic carbocycles. The number of carbonyl (C=O) groups is 1. The normalized spacial score (nSPS) is 18.1. The third kappa shape index (κ3) is 5.42. The van der Waals surface area contributed by atoms with Crippen molar-refractivity contribution in [2.75, 3.05) is 0 Å². The number of nitriles is 1. The molecule has 0 saturated carbocycles. The van der Waals surface area contributed by atoms with Crippen molar-refractivity contribution < 1.29 is 18.7 Å². The van der Waals surface area contributed by atoms with E-state index in [0.29, 0.717) is 52.1 Å². The number of aliphatic hydroxyl groups excluding tert-OH is 1. The predicted molar refractivity (Wildman–Crippen MR) is 171 cm³/mol. The molecular formula is C36H34F2N6O2. The Labute approximate surface area is 265 Å². The largest absolute Gasteiger partial charge is 0.374 e. The van der Waals surface area contributed by atoms with Crippen LogP contribution in [0.4, 0.5) is 8.78 Å². The summed E-state index contributed by atoms with van der Waals surface area (Å²) in [6, 6.07) is 16.1. The zero-order chi connectivity index (χ0) is 32.9. The van der Waals surface area contributed by atoms with E-state index in [4.69, 9.17) is 21.0 Å². The van der Waals surface area contributed by atoms with E-state index in [2.05, 4.69) is 5.32 Å². The van der Waals surface area contributed by atoms with Crippen LogP contribution in [0.5, 0.6) is 0 Å². The Balaban J connectivity index is 1.51. The van der Waals surface area contributed by atoms with Gasteiger partial charge in [0.2, 0.25) is 0 Å². The first-order chi connectivity index (χ1) is 21.9. The van der Waals surface area contributed by atoms with Gasteiger partial charge >= 0.3 is 0 Å². The summed E-state index contributed by atoms with van der Waals surface area (Å²) in [5.74, 6) is -1.42. The lowest BCUT2D eigenvalue weighted by Gasteiger charge is -2.27. The number of fused-ring (bicyclic) bond motifs is 2. The van der Waals surface area contributed by atoms with Crippen LogP contribution in [0, 0.1) is 28.9 Å². The number of pyridine rings is 2. The van der Waals surface area contributed by atoms with Crippen molar-refractivity contribution in [1.29, 1.82) is 5.26 Å². The molecule has 0 aliphatic carbocycles. The Kier molecular flexibility index (Phi) is 7.92. The van der Waals surface area contributed by atoms with Crippen molar-refractivity contribution in [2.24, 2.45) is 11.7 Å². The Morgan fingerprint density at radius 3 is 2.54 bits per heavy atom. The molecule has 1 unspecified atom stereocenters. The molecule has 4 N–H and O–H groups in total. The van der Waals surface area contributed by atoms with Crippen molar-refractivity contribution >= 4 is 16.9 Å². The van der Waals surface area contributed by atoms with Crippen molar-refractivity contribution in [1.82, 2.24) is 19.9 Å².